The lowest BCUT2D eigenvalue weighted by Gasteiger charge is -2.32. The summed E-state index contributed by atoms with van der Waals surface area (Å²) in [6.45, 7) is 14.2. The minimum Gasteiger partial charge on any atom is -0.265 e. The maximum absolute atomic E-state index is 4.19. The molecule has 1 heteroatoms. The van der Waals surface area contributed by atoms with E-state index in [1.807, 2.05) is 12.4 Å². The minimum atomic E-state index is 0.322. The summed E-state index contributed by atoms with van der Waals surface area (Å²) in [6, 6.07) is 41.2. The van der Waals surface area contributed by atoms with E-state index in [-0.39, 0.29) is 0 Å². The zero-order chi connectivity index (χ0) is 34.3. The van der Waals surface area contributed by atoms with Gasteiger partial charge in [0.15, 0.2) is 0 Å². The molecule has 0 spiro atoms. The molecule has 0 aliphatic rings. The van der Waals surface area contributed by atoms with Crippen LogP contribution in [-0.2, 0) is 0 Å². The molecular formula is C48H53N. The molecule has 0 N–H and O–H groups in total. The van der Waals surface area contributed by atoms with E-state index in [4.69, 9.17) is 0 Å². The number of nitrogens with zero attached hydrogens (tertiary/aromatic N) is 1. The largest absolute Gasteiger partial charge is 0.265 e. The van der Waals surface area contributed by atoms with Crippen LogP contribution in [0.4, 0.5) is 0 Å². The minimum absolute atomic E-state index is 0.322. The van der Waals surface area contributed by atoms with Crippen LogP contribution in [0.15, 0.2) is 133 Å². The fraction of sp³-hybridized carbons (Fsp3) is 0.312. The number of aryl methyl sites for hydroxylation is 1. The SMILES string of the molecule is CCCCC(CC)C(/C(C)=C(/CCC)C(C)c1cccc2c(-c3ccc(-c4ccncc4)cc3)cccc12)c1ccc2cc(C)ccc2c1. The number of benzene rings is 5. The van der Waals surface area contributed by atoms with Gasteiger partial charge in [0, 0.05) is 24.2 Å². The molecule has 1 nitrogen and oxygen atoms in total. The Morgan fingerprint density at radius 3 is 2.08 bits per heavy atom. The van der Waals surface area contributed by atoms with Crippen LogP contribution >= 0.6 is 0 Å². The van der Waals surface area contributed by atoms with Crippen molar-refractivity contribution in [3.63, 3.8) is 0 Å². The lowest BCUT2D eigenvalue weighted by molar-refractivity contribution is 0.398. The van der Waals surface area contributed by atoms with E-state index in [0.717, 1.165) is 12.8 Å². The quantitative estimate of drug-likeness (QED) is 0.114. The van der Waals surface area contributed by atoms with Crippen LogP contribution in [0.25, 0.3) is 43.8 Å². The smallest absolute Gasteiger partial charge is 0.0273 e. The Morgan fingerprint density at radius 1 is 0.673 bits per heavy atom. The summed E-state index contributed by atoms with van der Waals surface area (Å²) in [5.41, 5.74) is 12.4. The van der Waals surface area contributed by atoms with Crippen molar-refractivity contribution in [3.8, 4) is 22.3 Å². The Morgan fingerprint density at radius 2 is 1.35 bits per heavy atom. The fourth-order valence-electron chi connectivity index (χ4n) is 8.29. The molecule has 6 rings (SSSR count). The molecule has 250 valence electrons. The van der Waals surface area contributed by atoms with Crippen LogP contribution in [0.2, 0.25) is 0 Å². The van der Waals surface area contributed by atoms with Gasteiger partial charge >= 0.3 is 0 Å². The Bertz CT molecular complexity index is 2030. The van der Waals surface area contributed by atoms with Crippen molar-refractivity contribution in [1.82, 2.24) is 4.98 Å². The fourth-order valence-corrected chi connectivity index (χ4v) is 8.29. The van der Waals surface area contributed by atoms with E-state index >= 15 is 0 Å². The second-order valence-corrected chi connectivity index (χ2v) is 14.1. The average Bonchev–Trinajstić information content (AvgIpc) is 3.14. The molecular weight excluding hydrogens is 591 g/mol. The summed E-state index contributed by atoms with van der Waals surface area (Å²) in [4.78, 5) is 4.19. The van der Waals surface area contributed by atoms with Gasteiger partial charge in [-0.3, -0.25) is 4.98 Å². The first kappa shape index (κ1) is 34.4. The molecule has 0 amide bonds. The molecule has 1 heterocycles. The molecule has 0 aliphatic carbocycles. The standard InChI is InChI=1S/C48H53N/c1-7-10-14-36(9-3)48(42-26-25-40-31-33(4)19-20-41(40)32-42)35(6)43(13-8-2)34(5)44-15-11-18-47-45(16-12-17-46(44)47)39-23-21-37(22-24-39)38-27-29-49-30-28-38/h11-12,15-32,34,36,48H,7-10,13-14H2,1-6H3/b43-35-. The molecule has 49 heavy (non-hydrogen) atoms. The summed E-state index contributed by atoms with van der Waals surface area (Å²) in [5.74, 6) is 1.36. The summed E-state index contributed by atoms with van der Waals surface area (Å²) in [6.07, 6.45) is 11.0. The third-order valence-electron chi connectivity index (χ3n) is 11.0. The number of fused-ring (bicyclic) bond motifs is 2. The topological polar surface area (TPSA) is 12.9 Å². The number of hydrogen-bond acceptors (Lipinski definition) is 1. The maximum atomic E-state index is 4.19. The highest BCUT2D eigenvalue weighted by atomic mass is 14.6. The molecule has 0 bridgehead atoms. The second-order valence-electron chi connectivity index (χ2n) is 14.1. The Labute approximate surface area is 295 Å². The van der Waals surface area contributed by atoms with Crippen molar-refractivity contribution in [2.75, 3.05) is 0 Å². The van der Waals surface area contributed by atoms with Crippen LogP contribution in [-0.4, -0.2) is 4.98 Å². The van der Waals surface area contributed by atoms with Crippen LogP contribution in [0.5, 0.6) is 0 Å². The second kappa shape index (κ2) is 15.8. The third-order valence-corrected chi connectivity index (χ3v) is 11.0. The molecule has 0 saturated carbocycles. The number of hydrogen-bond donors (Lipinski definition) is 0. The maximum Gasteiger partial charge on any atom is 0.0273 e. The van der Waals surface area contributed by atoms with Gasteiger partial charge in [0.25, 0.3) is 0 Å². The third kappa shape index (κ3) is 7.42. The lowest BCUT2D eigenvalue weighted by Crippen LogP contribution is -2.17. The highest BCUT2D eigenvalue weighted by molar-refractivity contribution is 5.99. The highest BCUT2D eigenvalue weighted by Crippen LogP contribution is 2.44. The monoisotopic (exact) mass is 643 g/mol. The molecule has 3 atom stereocenters. The van der Waals surface area contributed by atoms with Crippen molar-refractivity contribution in [2.24, 2.45) is 5.92 Å². The van der Waals surface area contributed by atoms with Crippen molar-refractivity contribution in [1.29, 1.82) is 0 Å². The first-order valence-electron chi connectivity index (χ1n) is 18.7. The number of unbranched alkanes of at least 4 members (excludes halogenated alkanes) is 1. The molecule has 5 aromatic carbocycles. The van der Waals surface area contributed by atoms with Gasteiger partial charge < -0.3 is 0 Å². The number of rotatable bonds is 13. The zero-order valence-corrected chi connectivity index (χ0v) is 30.5. The first-order chi connectivity index (χ1) is 23.9. The first-order valence-corrected chi connectivity index (χ1v) is 18.7. The summed E-state index contributed by atoms with van der Waals surface area (Å²) in [7, 11) is 0. The Balaban J connectivity index is 1.44. The van der Waals surface area contributed by atoms with Gasteiger partial charge in [-0.05, 0) is 99.7 Å². The van der Waals surface area contributed by atoms with Crippen LogP contribution in [0.3, 0.4) is 0 Å². The van der Waals surface area contributed by atoms with Gasteiger partial charge in [-0.1, -0.05) is 167 Å². The van der Waals surface area contributed by atoms with Crippen molar-refractivity contribution >= 4 is 21.5 Å². The van der Waals surface area contributed by atoms with Gasteiger partial charge in [0.2, 0.25) is 0 Å². The van der Waals surface area contributed by atoms with Crippen LogP contribution in [0, 0.1) is 12.8 Å². The number of pyridine rings is 1. The van der Waals surface area contributed by atoms with Gasteiger partial charge in [0.05, 0.1) is 0 Å². The molecule has 0 radical (unpaired) electrons. The van der Waals surface area contributed by atoms with Crippen LogP contribution < -0.4 is 0 Å². The van der Waals surface area contributed by atoms with E-state index in [9.17, 15) is 0 Å². The van der Waals surface area contributed by atoms with Crippen molar-refractivity contribution in [2.45, 2.75) is 91.9 Å². The van der Waals surface area contributed by atoms with Gasteiger partial charge in [-0.15, -0.1) is 0 Å². The van der Waals surface area contributed by atoms with E-state index in [1.54, 1.807) is 11.1 Å². The molecule has 0 aliphatic heterocycles. The summed E-state index contributed by atoms with van der Waals surface area (Å²) in [5, 5.41) is 5.38. The van der Waals surface area contributed by atoms with Gasteiger partial charge in [-0.2, -0.15) is 0 Å². The summed E-state index contributed by atoms with van der Waals surface area (Å²) < 4.78 is 0. The van der Waals surface area contributed by atoms with Crippen molar-refractivity contribution < 1.29 is 0 Å². The van der Waals surface area contributed by atoms with E-state index in [2.05, 4.69) is 156 Å². The van der Waals surface area contributed by atoms with Crippen molar-refractivity contribution in [3.05, 3.63) is 149 Å². The van der Waals surface area contributed by atoms with Gasteiger partial charge in [-0.25, -0.2) is 0 Å². The van der Waals surface area contributed by atoms with Gasteiger partial charge in [0.1, 0.15) is 0 Å². The normalized spacial score (nSPS) is 14.1. The zero-order valence-electron chi connectivity index (χ0n) is 30.5. The number of aromatic nitrogens is 1. The Hall–Kier alpha value is -4.49. The molecule has 6 aromatic rings. The summed E-state index contributed by atoms with van der Waals surface area (Å²) >= 11 is 0. The number of allylic oxidation sites excluding steroid dienone is 2. The molecule has 1 aromatic heterocycles. The van der Waals surface area contributed by atoms with E-state index < -0.39 is 0 Å². The predicted molar refractivity (Wildman–Crippen MR) is 213 cm³/mol. The highest BCUT2D eigenvalue weighted by Gasteiger charge is 2.28. The Kier molecular flexibility index (Phi) is 11.1. The van der Waals surface area contributed by atoms with E-state index in [0.29, 0.717) is 17.8 Å². The lowest BCUT2D eigenvalue weighted by atomic mass is 9.72. The predicted octanol–water partition coefficient (Wildman–Crippen LogP) is 14.3. The average molecular weight is 644 g/mol. The van der Waals surface area contributed by atoms with Crippen LogP contribution in [0.1, 0.15) is 102 Å². The van der Waals surface area contributed by atoms with E-state index in [1.165, 1.54) is 86.2 Å². The molecule has 0 saturated heterocycles. The molecule has 3 unspecified atom stereocenters. The molecule has 0 fully saturated rings.